The molecule has 0 N–H and O–H groups in total. The normalized spacial score (nSPS) is 11.8. The van der Waals surface area contributed by atoms with Crippen LogP contribution in [-0.4, -0.2) is 0 Å². The van der Waals surface area contributed by atoms with Crippen molar-refractivity contribution in [2.45, 2.75) is 0 Å². The second kappa shape index (κ2) is 4.96. The van der Waals surface area contributed by atoms with E-state index in [4.69, 9.17) is 0 Å². The van der Waals surface area contributed by atoms with Gasteiger partial charge < -0.3 is 0 Å². The van der Waals surface area contributed by atoms with E-state index in [1.807, 2.05) is 0 Å². The van der Waals surface area contributed by atoms with Crippen molar-refractivity contribution in [3.8, 4) is 0 Å². The molecule has 0 nitrogen and oxygen atoms in total. The van der Waals surface area contributed by atoms with Gasteiger partial charge in [-0.25, -0.2) is 0 Å². The summed E-state index contributed by atoms with van der Waals surface area (Å²) in [5, 5.41) is 5.61. The van der Waals surface area contributed by atoms with Crippen LogP contribution in [0, 0.1) is 0 Å². The summed E-state index contributed by atoms with van der Waals surface area (Å²) >= 11 is 0. The predicted molar refractivity (Wildman–Crippen MR) is 80.5 cm³/mol. The molecule has 0 amide bonds. The van der Waals surface area contributed by atoms with E-state index in [0.29, 0.717) is 0 Å². The van der Waals surface area contributed by atoms with Gasteiger partial charge in [-0.3, -0.25) is 0 Å². The van der Waals surface area contributed by atoms with Crippen LogP contribution in [0.5, 0.6) is 0 Å². The van der Waals surface area contributed by atoms with Crippen LogP contribution in [0.3, 0.4) is 0 Å². The maximum Gasteiger partial charge on any atom is 0.00965 e. The maximum absolute atomic E-state index is 2.34. The van der Waals surface area contributed by atoms with Crippen molar-refractivity contribution in [1.82, 2.24) is 0 Å². The zero-order chi connectivity index (χ0) is 11.5. The Morgan fingerprint density at radius 2 is 1.65 bits per heavy atom. The summed E-state index contributed by atoms with van der Waals surface area (Å²) in [7, 11) is 2.07. The monoisotopic (exact) mass is 254 g/mol. The maximum atomic E-state index is 2.34. The standard InChI is InChI=1S/C15H12P2/c1-2-6-13(7-3-1)17-14-9-8-12-5-4-10-16-15(12)11-14/h1-11,17H. The second-order valence-electron chi connectivity index (χ2n) is 3.90. The Bertz CT molecular complexity index is 633. The Kier molecular flexibility index (Phi) is 3.18. The molecule has 3 aromatic rings. The van der Waals surface area contributed by atoms with E-state index in [1.54, 1.807) is 0 Å². The first-order valence-corrected chi connectivity index (χ1v) is 7.55. The highest BCUT2D eigenvalue weighted by atomic mass is 31.1. The molecule has 0 bridgehead atoms. The van der Waals surface area contributed by atoms with Crippen LogP contribution in [0.4, 0.5) is 0 Å². The minimum Gasteiger partial charge on any atom is -0.0678 e. The number of hydrogen-bond donors (Lipinski definition) is 0. The van der Waals surface area contributed by atoms with Crippen molar-refractivity contribution in [3.63, 3.8) is 0 Å². The first kappa shape index (κ1) is 10.9. The highest BCUT2D eigenvalue weighted by molar-refractivity contribution is 7.55. The molecular weight excluding hydrogens is 242 g/mol. The topological polar surface area (TPSA) is 0 Å². The van der Waals surface area contributed by atoms with Crippen molar-refractivity contribution in [2.75, 3.05) is 0 Å². The molecule has 1 heterocycles. The minimum absolute atomic E-state index is 0.756. The van der Waals surface area contributed by atoms with Gasteiger partial charge in [0, 0.05) is 5.12 Å². The Morgan fingerprint density at radius 1 is 0.765 bits per heavy atom. The molecule has 0 radical (unpaired) electrons. The second-order valence-corrected chi connectivity index (χ2v) is 6.34. The number of benzene rings is 2. The zero-order valence-corrected chi connectivity index (χ0v) is 11.2. The molecule has 0 spiro atoms. The van der Waals surface area contributed by atoms with Gasteiger partial charge in [-0.1, -0.05) is 71.4 Å². The molecule has 2 aromatic carbocycles. The summed E-state index contributed by atoms with van der Waals surface area (Å²) in [6.07, 6.45) is 0. The van der Waals surface area contributed by atoms with E-state index in [-0.39, 0.29) is 0 Å². The zero-order valence-electron chi connectivity index (χ0n) is 9.30. The van der Waals surface area contributed by atoms with Crippen molar-refractivity contribution >= 4 is 37.9 Å². The summed E-state index contributed by atoms with van der Waals surface area (Å²) in [4.78, 5) is 0. The SMILES string of the molecule is c1ccc(Pc2ccc3cccpc3c2)cc1. The highest BCUT2D eigenvalue weighted by Crippen LogP contribution is 2.23. The van der Waals surface area contributed by atoms with Gasteiger partial charge in [0.25, 0.3) is 0 Å². The third-order valence-corrected chi connectivity index (χ3v) is 4.88. The van der Waals surface area contributed by atoms with Gasteiger partial charge in [0.1, 0.15) is 0 Å². The van der Waals surface area contributed by atoms with E-state index >= 15 is 0 Å². The molecule has 2 heteroatoms. The smallest absolute Gasteiger partial charge is 0.00965 e. The molecule has 1 atom stereocenters. The van der Waals surface area contributed by atoms with Gasteiger partial charge in [0.15, 0.2) is 0 Å². The lowest BCUT2D eigenvalue weighted by molar-refractivity contribution is 1.78. The number of fused-ring (bicyclic) bond motifs is 1. The number of hydrogen-bond acceptors (Lipinski definition) is 0. The van der Waals surface area contributed by atoms with Crippen molar-refractivity contribution in [2.24, 2.45) is 0 Å². The molecule has 0 aliphatic carbocycles. The summed E-state index contributed by atoms with van der Waals surface area (Å²) < 4.78 is 0. The molecule has 0 saturated heterocycles. The van der Waals surface area contributed by atoms with Crippen LogP contribution >= 0.6 is 16.8 Å². The van der Waals surface area contributed by atoms with E-state index in [9.17, 15) is 0 Å². The number of rotatable bonds is 2. The molecule has 17 heavy (non-hydrogen) atoms. The Hall–Kier alpha value is -1.22. The molecular formula is C15H12P2. The van der Waals surface area contributed by atoms with Crippen LogP contribution in [0.2, 0.25) is 0 Å². The van der Waals surface area contributed by atoms with Crippen LogP contribution in [0.25, 0.3) is 10.5 Å². The van der Waals surface area contributed by atoms with Crippen LogP contribution < -0.4 is 10.6 Å². The quantitative estimate of drug-likeness (QED) is 0.605. The van der Waals surface area contributed by atoms with Gasteiger partial charge in [-0.05, 0) is 27.9 Å². The van der Waals surface area contributed by atoms with Crippen LogP contribution in [0.15, 0.2) is 66.5 Å². The molecule has 1 unspecified atom stereocenters. The lowest BCUT2D eigenvalue weighted by Crippen LogP contribution is -2.01. The fourth-order valence-electron chi connectivity index (χ4n) is 1.83. The fraction of sp³-hybridized carbons (Fsp3) is 0. The van der Waals surface area contributed by atoms with Crippen LogP contribution in [0.1, 0.15) is 0 Å². The van der Waals surface area contributed by atoms with Gasteiger partial charge in [0.05, 0.1) is 0 Å². The molecule has 82 valence electrons. The largest absolute Gasteiger partial charge is 0.0678 e. The lowest BCUT2D eigenvalue weighted by atomic mass is 10.2. The van der Waals surface area contributed by atoms with E-state index in [0.717, 1.165) is 8.58 Å². The molecule has 3 rings (SSSR count). The predicted octanol–water partition coefficient (Wildman–Crippen LogP) is 4.05. The van der Waals surface area contributed by atoms with Gasteiger partial charge >= 0.3 is 0 Å². The third kappa shape index (κ3) is 2.55. The molecule has 0 aliphatic heterocycles. The molecule has 0 fully saturated rings. The van der Waals surface area contributed by atoms with Gasteiger partial charge in [-0.2, -0.15) is 0 Å². The average Bonchev–Trinajstić information content (AvgIpc) is 2.40. The molecule has 1 aromatic heterocycles. The summed E-state index contributed by atoms with van der Waals surface area (Å²) in [5.41, 5.74) is 0. The summed E-state index contributed by atoms with van der Waals surface area (Å²) in [6, 6.07) is 21.8. The first-order chi connectivity index (χ1) is 8.42. The van der Waals surface area contributed by atoms with Crippen LogP contribution in [-0.2, 0) is 0 Å². The third-order valence-electron chi connectivity index (χ3n) is 2.67. The fourth-order valence-corrected chi connectivity index (χ4v) is 3.87. The van der Waals surface area contributed by atoms with Gasteiger partial charge in [0.2, 0.25) is 0 Å². The van der Waals surface area contributed by atoms with Crippen molar-refractivity contribution in [3.05, 3.63) is 66.5 Å². The highest BCUT2D eigenvalue weighted by Gasteiger charge is 1.97. The molecule has 0 saturated carbocycles. The van der Waals surface area contributed by atoms with E-state index in [1.165, 1.54) is 29.3 Å². The lowest BCUT2D eigenvalue weighted by Gasteiger charge is -2.03. The van der Waals surface area contributed by atoms with E-state index < -0.39 is 0 Å². The first-order valence-electron chi connectivity index (χ1n) is 5.59. The summed E-state index contributed by atoms with van der Waals surface area (Å²) in [5.74, 6) is 2.19. The minimum atomic E-state index is 0.756. The Balaban J connectivity index is 1.96. The van der Waals surface area contributed by atoms with Crippen molar-refractivity contribution < 1.29 is 0 Å². The average molecular weight is 254 g/mol. The Morgan fingerprint density at radius 3 is 2.53 bits per heavy atom. The van der Waals surface area contributed by atoms with Gasteiger partial charge in [-0.15, -0.1) is 0 Å². The van der Waals surface area contributed by atoms with E-state index in [2.05, 4.69) is 66.5 Å². The van der Waals surface area contributed by atoms with Crippen molar-refractivity contribution in [1.29, 1.82) is 0 Å². The summed E-state index contributed by atoms with van der Waals surface area (Å²) in [6.45, 7) is 0. The molecule has 0 aliphatic rings. The Labute approximate surface area is 105 Å².